The second-order valence-electron chi connectivity index (χ2n) is 4.94. The van der Waals surface area contributed by atoms with Crippen LogP contribution in [0.25, 0.3) is 10.9 Å². The summed E-state index contributed by atoms with van der Waals surface area (Å²) in [6.07, 6.45) is -1.88. The summed E-state index contributed by atoms with van der Waals surface area (Å²) in [6.45, 7) is 0.141. The average molecular weight is 274 g/mol. The molecule has 2 aromatic rings. The Balaban J connectivity index is 2.06. The van der Waals surface area contributed by atoms with E-state index < -0.39 is 12.2 Å². The minimum Gasteiger partial charge on any atom is -0.388 e. The lowest BCUT2D eigenvalue weighted by Gasteiger charge is -2.16. The molecule has 1 fully saturated rings. The van der Waals surface area contributed by atoms with Crippen molar-refractivity contribution < 1.29 is 15.0 Å². The highest BCUT2D eigenvalue weighted by Gasteiger charge is 2.33. The zero-order valence-electron chi connectivity index (χ0n) is 10.6. The molecule has 3 rings (SSSR count). The normalized spacial score (nSPS) is 22.4. The summed E-state index contributed by atoms with van der Waals surface area (Å²) in [6, 6.07) is 8.28. The number of pyridine rings is 1. The molecule has 6 nitrogen and oxygen atoms in total. The standard InChI is InChI=1S/C14H14N2O4/c17-11-6-16(7-12(11)18)14(20)9-5-13(19)15-10-4-2-1-3-8(9)10/h1-5,11-12,17-18H,6-7H2,(H,15,19). The first-order chi connectivity index (χ1) is 9.56. The van der Waals surface area contributed by atoms with Crippen LogP contribution in [-0.4, -0.2) is 51.3 Å². The van der Waals surface area contributed by atoms with Crippen LogP contribution in [0.5, 0.6) is 0 Å². The van der Waals surface area contributed by atoms with Crippen LogP contribution in [0.4, 0.5) is 0 Å². The number of para-hydroxylation sites is 1. The van der Waals surface area contributed by atoms with E-state index >= 15 is 0 Å². The molecule has 1 aliphatic heterocycles. The fourth-order valence-electron chi connectivity index (χ4n) is 2.49. The van der Waals surface area contributed by atoms with Gasteiger partial charge in [-0.15, -0.1) is 0 Å². The first-order valence-electron chi connectivity index (χ1n) is 6.34. The van der Waals surface area contributed by atoms with Gasteiger partial charge in [0.1, 0.15) is 0 Å². The molecule has 1 aromatic carbocycles. The van der Waals surface area contributed by atoms with Crippen LogP contribution in [0.2, 0.25) is 0 Å². The lowest BCUT2D eigenvalue weighted by Crippen LogP contribution is -2.30. The number of carbonyl (C=O) groups is 1. The van der Waals surface area contributed by atoms with E-state index in [4.69, 9.17) is 0 Å². The second-order valence-corrected chi connectivity index (χ2v) is 4.94. The van der Waals surface area contributed by atoms with E-state index in [-0.39, 0.29) is 30.1 Å². The Bertz CT molecular complexity index is 714. The Morgan fingerprint density at radius 1 is 1.20 bits per heavy atom. The number of rotatable bonds is 1. The van der Waals surface area contributed by atoms with E-state index in [0.717, 1.165) is 0 Å². The highest BCUT2D eigenvalue weighted by Crippen LogP contribution is 2.19. The molecule has 1 saturated heterocycles. The van der Waals surface area contributed by atoms with E-state index in [1.54, 1.807) is 24.3 Å². The van der Waals surface area contributed by atoms with Crippen molar-refractivity contribution in [1.29, 1.82) is 0 Å². The maximum absolute atomic E-state index is 12.5. The summed E-state index contributed by atoms with van der Waals surface area (Å²) in [5.41, 5.74) is 0.515. The van der Waals surface area contributed by atoms with Gasteiger partial charge in [-0.3, -0.25) is 9.59 Å². The van der Waals surface area contributed by atoms with Crippen molar-refractivity contribution in [1.82, 2.24) is 9.88 Å². The van der Waals surface area contributed by atoms with Gasteiger partial charge in [-0.1, -0.05) is 18.2 Å². The molecule has 0 radical (unpaired) electrons. The highest BCUT2D eigenvalue weighted by atomic mass is 16.3. The molecule has 3 N–H and O–H groups in total. The molecule has 2 unspecified atom stereocenters. The fraction of sp³-hybridized carbons (Fsp3) is 0.286. The number of hydrogen-bond acceptors (Lipinski definition) is 4. The number of aromatic amines is 1. The molecule has 20 heavy (non-hydrogen) atoms. The third kappa shape index (κ3) is 2.09. The average Bonchev–Trinajstić information content (AvgIpc) is 2.77. The minimum atomic E-state index is -0.938. The van der Waals surface area contributed by atoms with E-state index in [1.165, 1.54) is 11.0 Å². The molecule has 0 aliphatic carbocycles. The van der Waals surface area contributed by atoms with Gasteiger partial charge in [-0.2, -0.15) is 0 Å². The van der Waals surface area contributed by atoms with Crippen molar-refractivity contribution in [3.63, 3.8) is 0 Å². The number of H-pyrrole nitrogens is 1. The molecule has 2 heterocycles. The largest absolute Gasteiger partial charge is 0.388 e. The van der Waals surface area contributed by atoms with Crippen LogP contribution in [0, 0.1) is 0 Å². The number of nitrogens with zero attached hydrogens (tertiary/aromatic N) is 1. The van der Waals surface area contributed by atoms with Gasteiger partial charge >= 0.3 is 0 Å². The van der Waals surface area contributed by atoms with Crippen LogP contribution < -0.4 is 5.56 Å². The second kappa shape index (κ2) is 4.73. The molecule has 6 heteroatoms. The fourth-order valence-corrected chi connectivity index (χ4v) is 2.49. The van der Waals surface area contributed by atoms with Crippen LogP contribution in [-0.2, 0) is 0 Å². The van der Waals surface area contributed by atoms with Gasteiger partial charge in [0.2, 0.25) is 5.56 Å². The van der Waals surface area contributed by atoms with Crippen LogP contribution in [0.15, 0.2) is 35.1 Å². The first-order valence-corrected chi connectivity index (χ1v) is 6.34. The van der Waals surface area contributed by atoms with E-state index in [1.807, 2.05) is 0 Å². The summed E-state index contributed by atoms with van der Waals surface area (Å²) < 4.78 is 0. The Hall–Kier alpha value is -2.18. The number of carbonyl (C=O) groups excluding carboxylic acids is 1. The summed E-state index contributed by atoms with van der Waals surface area (Å²) in [5.74, 6) is -0.358. The molecule has 1 amide bonds. The Morgan fingerprint density at radius 2 is 1.85 bits per heavy atom. The summed E-state index contributed by atoms with van der Waals surface area (Å²) in [7, 11) is 0. The molecule has 1 aromatic heterocycles. The SMILES string of the molecule is O=C(c1cc(=O)[nH]c2ccccc12)N1CC(O)C(O)C1. The lowest BCUT2D eigenvalue weighted by molar-refractivity contribution is 0.0572. The van der Waals surface area contributed by atoms with Gasteiger partial charge in [0.05, 0.1) is 17.8 Å². The number of amides is 1. The van der Waals surface area contributed by atoms with Gasteiger partial charge in [0.15, 0.2) is 0 Å². The quantitative estimate of drug-likeness (QED) is 0.666. The number of aromatic nitrogens is 1. The van der Waals surface area contributed by atoms with Crippen LogP contribution in [0.3, 0.4) is 0 Å². The number of nitrogens with one attached hydrogen (secondary N) is 1. The number of aliphatic hydroxyl groups excluding tert-OH is 2. The Morgan fingerprint density at radius 3 is 2.55 bits per heavy atom. The smallest absolute Gasteiger partial charge is 0.254 e. The molecule has 1 aliphatic rings. The van der Waals surface area contributed by atoms with Crippen LogP contribution >= 0.6 is 0 Å². The van der Waals surface area contributed by atoms with E-state index in [2.05, 4.69) is 4.98 Å². The van der Waals surface area contributed by atoms with Crippen molar-refractivity contribution >= 4 is 16.8 Å². The van der Waals surface area contributed by atoms with Crippen molar-refractivity contribution in [2.45, 2.75) is 12.2 Å². The van der Waals surface area contributed by atoms with E-state index in [0.29, 0.717) is 10.9 Å². The number of aliphatic hydroxyl groups is 2. The number of β-amino-alcohol motifs (C(OH)–C–C–N with tert-alkyl or cyclic N) is 2. The summed E-state index contributed by atoms with van der Waals surface area (Å²) in [4.78, 5) is 28.1. The molecule has 0 bridgehead atoms. The van der Waals surface area contributed by atoms with Gasteiger partial charge in [0, 0.05) is 30.1 Å². The maximum Gasteiger partial charge on any atom is 0.254 e. The van der Waals surface area contributed by atoms with Crippen molar-refractivity contribution in [2.24, 2.45) is 0 Å². The molecule has 104 valence electrons. The minimum absolute atomic E-state index is 0.0706. The predicted molar refractivity (Wildman–Crippen MR) is 72.5 cm³/mol. The third-order valence-corrected chi connectivity index (χ3v) is 3.53. The third-order valence-electron chi connectivity index (χ3n) is 3.53. The monoisotopic (exact) mass is 274 g/mol. The number of fused-ring (bicyclic) bond motifs is 1. The molecule has 0 saturated carbocycles. The Labute approximate surface area is 114 Å². The number of likely N-dealkylation sites (tertiary alicyclic amines) is 1. The predicted octanol–water partition coefficient (Wildman–Crippen LogP) is -0.294. The topological polar surface area (TPSA) is 93.6 Å². The number of benzene rings is 1. The van der Waals surface area contributed by atoms with E-state index in [9.17, 15) is 19.8 Å². The highest BCUT2D eigenvalue weighted by molar-refractivity contribution is 6.06. The zero-order valence-corrected chi connectivity index (χ0v) is 10.6. The Kier molecular flexibility index (Phi) is 3.04. The summed E-state index contributed by atoms with van der Waals surface area (Å²) in [5, 5.41) is 19.7. The molecule has 2 atom stereocenters. The number of hydrogen-bond donors (Lipinski definition) is 3. The van der Waals surface area contributed by atoms with Crippen LogP contribution in [0.1, 0.15) is 10.4 Å². The van der Waals surface area contributed by atoms with Gasteiger partial charge in [0.25, 0.3) is 5.91 Å². The maximum atomic E-state index is 12.5. The zero-order chi connectivity index (χ0) is 14.3. The van der Waals surface area contributed by atoms with Crippen molar-refractivity contribution in [2.75, 3.05) is 13.1 Å². The van der Waals surface area contributed by atoms with Crippen molar-refractivity contribution in [3.8, 4) is 0 Å². The molecular weight excluding hydrogens is 260 g/mol. The van der Waals surface area contributed by atoms with Gasteiger partial charge in [-0.25, -0.2) is 0 Å². The lowest BCUT2D eigenvalue weighted by atomic mass is 10.1. The summed E-state index contributed by atoms with van der Waals surface area (Å²) >= 11 is 0. The first kappa shape index (κ1) is 12.8. The van der Waals surface area contributed by atoms with Gasteiger partial charge in [-0.05, 0) is 6.07 Å². The molecule has 0 spiro atoms. The molecular formula is C14H14N2O4. The van der Waals surface area contributed by atoms with Gasteiger partial charge < -0.3 is 20.1 Å². The van der Waals surface area contributed by atoms with Crippen molar-refractivity contribution in [3.05, 3.63) is 46.2 Å².